The van der Waals surface area contributed by atoms with Crippen molar-refractivity contribution in [1.82, 2.24) is 4.98 Å². The van der Waals surface area contributed by atoms with Crippen LogP contribution in [0.2, 0.25) is 0 Å². The average molecular weight is 307 g/mol. The molecule has 112 valence electrons. The zero-order valence-corrected chi connectivity index (χ0v) is 12.7. The molecule has 0 aliphatic rings. The van der Waals surface area contributed by atoms with Crippen LogP contribution in [0.5, 0.6) is 11.5 Å². The van der Waals surface area contributed by atoms with Crippen molar-refractivity contribution in [1.29, 1.82) is 0 Å². The van der Waals surface area contributed by atoms with Crippen LogP contribution in [0.4, 0.5) is 5.13 Å². The third-order valence-corrected chi connectivity index (χ3v) is 3.74. The van der Waals surface area contributed by atoms with E-state index in [1.807, 2.05) is 17.5 Å². The maximum absolute atomic E-state index is 12.0. The van der Waals surface area contributed by atoms with Gasteiger partial charge in [0, 0.05) is 23.2 Å². The number of benzene rings is 1. The highest BCUT2D eigenvalue weighted by atomic mass is 32.1. The average Bonchev–Trinajstić information content (AvgIpc) is 3.05. The lowest BCUT2D eigenvalue weighted by molar-refractivity contribution is -0.117. The van der Waals surface area contributed by atoms with Crippen LogP contribution >= 0.6 is 11.3 Å². The van der Waals surface area contributed by atoms with E-state index in [1.165, 1.54) is 11.3 Å². The van der Waals surface area contributed by atoms with Gasteiger partial charge in [-0.2, -0.15) is 0 Å². The number of aromatic nitrogens is 1. The number of nitrogens with two attached hydrogens (primary N) is 1. The second-order valence-corrected chi connectivity index (χ2v) is 5.05. The number of ether oxygens (including phenoxy) is 2. The molecule has 7 heteroatoms. The first-order chi connectivity index (χ1) is 10.2. The minimum atomic E-state index is -0.192. The van der Waals surface area contributed by atoms with Crippen molar-refractivity contribution < 1.29 is 14.3 Å². The maximum atomic E-state index is 12.0. The molecule has 0 aliphatic heterocycles. The molecular formula is C14H17N3O3S. The topological polar surface area (TPSA) is 77.7 Å². The number of carbonyl (C=O) groups is 1. The Labute approximate surface area is 127 Å². The third-order valence-electron chi connectivity index (χ3n) is 2.95. The number of amides is 1. The van der Waals surface area contributed by atoms with Crippen LogP contribution in [-0.4, -0.2) is 31.7 Å². The summed E-state index contributed by atoms with van der Waals surface area (Å²) in [5, 5.41) is 2.43. The summed E-state index contributed by atoms with van der Waals surface area (Å²) in [7, 11) is 3.17. The SMILES string of the molecule is COc1ccc(CN(C(=O)CN)c2nccs2)c(OC)c1. The van der Waals surface area contributed by atoms with Gasteiger partial charge in [0.05, 0.1) is 27.3 Å². The number of hydrogen-bond acceptors (Lipinski definition) is 6. The van der Waals surface area contributed by atoms with E-state index in [1.54, 1.807) is 31.4 Å². The molecule has 1 aromatic heterocycles. The molecule has 0 spiro atoms. The molecule has 0 bridgehead atoms. The van der Waals surface area contributed by atoms with Gasteiger partial charge in [0.25, 0.3) is 0 Å². The number of rotatable bonds is 6. The molecule has 0 unspecified atom stereocenters. The maximum Gasteiger partial charge on any atom is 0.242 e. The molecule has 1 aromatic carbocycles. The summed E-state index contributed by atoms with van der Waals surface area (Å²) in [6.45, 7) is 0.273. The van der Waals surface area contributed by atoms with E-state index >= 15 is 0 Å². The molecule has 1 amide bonds. The van der Waals surface area contributed by atoms with E-state index in [0.717, 1.165) is 5.56 Å². The third kappa shape index (κ3) is 3.50. The fraction of sp³-hybridized carbons (Fsp3) is 0.286. The van der Waals surface area contributed by atoms with Gasteiger partial charge in [0.1, 0.15) is 11.5 Å². The molecule has 0 aliphatic carbocycles. The Morgan fingerprint density at radius 3 is 2.76 bits per heavy atom. The second-order valence-electron chi connectivity index (χ2n) is 4.18. The molecule has 0 radical (unpaired) electrons. The van der Waals surface area contributed by atoms with Gasteiger partial charge in [-0.1, -0.05) is 0 Å². The van der Waals surface area contributed by atoms with Gasteiger partial charge in [-0.3, -0.25) is 9.69 Å². The summed E-state index contributed by atoms with van der Waals surface area (Å²) in [6, 6.07) is 5.47. The Kier molecular flexibility index (Phi) is 5.13. The minimum Gasteiger partial charge on any atom is -0.497 e. The molecular weight excluding hydrogens is 290 g/mol. The summed E-state index contributed by atoms with van der Waals surface area (Å²) in [4.78, 5) is 17.8. The number of methoxy groups -OCH3 is 2. The molecule has 0 saturated carbocycles. The van der Waals surface area contributed by atoms with Gasteiger partial charge in [-0.15, -0.1) is 11.3 Å². The monoisotopic (exact) mass is 307 g/mol. The number of anilines is 1. The number of thiazole rings is 1. The Balaban J connectivity index is 2.30. The zero-order valence-electron chi connectivity index (χ0n) is 11.9. The van der Waals surface area contributed by atoms with Crippen molar-refractivity contribution in [3.8, 4) is 11.5 Å². The number of hydrogen-bond donors (Lipinski definition) is 1. The first-order valence-corrected chi connectivity index (χ1v) is 7.18. The van der Waals surface area contributed by atoms with Gasteiger partial charge in [-0.25, -0.2) is 4.98 Å². The van der Waals surface area contributed by atoms with E-state index in [0.29, 0.717) is 23.2 Å². The largest absolute Gasteiger partial charge is 0.497 e. The van der Waals surface area contributed by atoms with E-state index in [9.17, 15) is 4.79 Å². The lowest BCUT2D eigenvalue weighted by Gasteiger charge is -2.20. The van der Waals surface area contributed by atoms with Gasteiger partial charge >= 0.3 is 0 Å². The highest BCUT2D eigenvalue weighted by Gasteiger charge is 2.19. The van der Waals surface area contributed by atoms with Crippen molar-refractivity contribution in [2.75, 3.05) is 25.7 Å². The Morgan fingerprint density at radius 2 is 2.19 bits per heavy atom. The van der Waals surface area contributed by atoms with Crippen LogP contribution in [0.15, 0.2) is 29.8 Å². The van der Waals surface area contributed by atoms with Crippen LogP contribution in [0.3, 0.4) is 0 Å². The highest BCUT2D eigenvalue weighted by molar-refractivity contribution is 7.13. The Hall–Kier alpha value is -2.12. The lowest BCUT2D eigenvalue weighted by atomic mass is 10.1. The molecule has 0 saturated heterocycles. The lowest BCUT2D eigenvalue weighted by Crippen LogP contribution is -2.35. The van der Waals surface area contributed by atoms with Crippen LogP contribution in [0.25, 0.3) is 0 Å². The minimum absolute atomic E-state index is 0.0714. The quantitative estimate of drug-likeness (QED) is 0.878. The van der Waals surface area contributed by atoms with Crippen LogP contribution in [0, 0.1) is 0 Å². The molecule has 2 aromatic rings. The smallest absolute Gasteiger partial charge is 0.242 e. The summed E-state index contributed by atoms with van der Waals surface area (Å²) in [5.41, 5.74) is 6.34. The van der Waals surface area contributed by atoms with Crippen molar-refractivity contribution >= 4 is 22.4 Å². The first kappa shape index (κ1) is 15.3. The van der Waals surface area contributed by atoms with E-state index in [2.05, 4.69) is 4.98 Å². The zero-order chi connectivity index (χ0) is 15.2. The van der Waals surface area contributed by atoms with Crippen molar-refractivity contribution in [2.24, 2.45) is 5.73 Å². The van der Waals surface area contributed by atoms with Gasteiger partial charge in [0.15, 0.2) is 5.13 Å². The molecule has 0 fully saturated rings. The van der Waals surface area contributed by atoms with E-state index in [4.69, 9.17) is 15.2 Å². The Morgan fingerprint density at radius 1 is 1.38 bits per heavy atom. The standard InChI is InChI=1S/C14H17N3O3S/c1-19-11-4-3-10(12(7-11)20-2)9-17(13(18)8-15)14-16-5-6-21-14/h3-7H,8-9,15H2,1-2H3. The molecule has 2 rings (SSSR count). The van der Waals surface area contributed by atoms with Crippen LogP contribution in [0.1, 0.15) is 5.56 Å². The van der Waals surface area contributed by atoms with Gasteiger partial charge in [-0.05, 0) is 12.1 Å². The van der Waals surface area contributed by atoms with Crippen LogP contribution in [-0.2, 0) is 11.3 Å². The summed E-state index contributed by atoms with van der Waals surface area (Å²) >= 11 is 1.39. The molecule has 0 atom stereocenters. The fourth-order valence-electron chi connectivity index (χ4n) is 1.87. The van der Waals surface area contributed by atoms with Crippen molar-refractivity contribution in [2.45, 2.75) is 6.54 Å². The predicted octanol–water partition coefficient (Wildman–Crippen LogP) is 1.65. The summed E-state index contributed by atoms with van der Waals surface area (Å²) in [6.07, 6.45) is 1.65. The molecule has 6 nitrogen and oxygen atoms in total. The molecule has 21 heavy (non-hydrogen) atoms. The molecule has 1 heterocycles. The van der Waals surface area contributed by atoms with Crippen molar-refractivity contribution in [3.05, 3.63) is 35.3 Å². The molecule has 2 N–H and O–H groups in total. The van der Waals surface area contributed by atoms with E-state index in [-0.39, 0.29) is 12.5 Å². The predicted molar refractivity (Wildman–Crippen MR) is 81.9 cm³/mol. The summed E-state index contributed by atoms with van der Waals surface area (Å²) < 4.78 is 10.5. The number of carbonyl (C=O) groups excluding carboxylic acids is 1. The fourth-order valence-corrected chi connectivity index (χ4v) is 2.53. The first-order valence-electron chi connectivity index (χ1n) is 6.30. The summed E-state index contributed by atoms with van der Waals surface area (Å²) in [5.74, 6) is 1.16. The van der Waals surface area contributed by atoms with Gasteiger partial charge in [0.2, 0.25) is 5.91 Å². The highest BCUT2D eigenvalue weighted by Crippen LogP contribution is 2.28. The van der Waals surface area contributed by atoms with Crippen LogP contribution < -0.4 is 20.1 Å². The van der Waals surface area contributed by atoms with Crippen molar-refractivity contribution in [3.63, 3.8) is 0 Å². The van der Waals surface area contributed by atoms with E-state index < -0.39 is 0 Å². The Bertz CT molecular complexity index is 602. The normalized spacial score (nSPS) is 10.2. The number of nitrogens with zero attached hydrogens (tertiary/aromatic N) is 2. The van der Waals surface area contributed by atoms with Gasteiger partial charge < -0.3 is 15.2 Å². The second kappa shape index (κ2) is 7.05.